The lowest BCUT2D eigenvalue weighted by molar-refractivity contribution is -0.384. The van der Waals surface area contributed by atoms with Gasteiger partial charge in [0.05, 0.1) is 17.0 Å². The number of amides is 1. The fourth-order valence-electron chi connectivity index (χ4n) is 3.29. The van der Waals surface area contributed by atoms with Crippen LogP contribution in [0.4, 0.5) is 11.4 Å². The van der Waals surface area contributed by atoms with E-state index in [9.17, 15) is 14.9 Å². The number of aromatic nitrogens is 1. The predicted molar refractivity (Wildman–Crippen MR) is 128 cm³/mol. The third-order valence-corrected chi connectivity index (χ3v) is 5.73. The molecule has 0 unspecified atom stereocenters. The number of ether oxygens (including phenoxy) is 1. The van der Waals surface area contributed by atoms with Crippen molar-refractivity contribution in [3.8, 4) is 5.75 Å². The van der Waals surface area contributed by atoms with Crippen molar-refractivity contribution >= 4 is 28.6 Å². The summed E-state index contributed by atoms with van der Waals surface area (Å²) in [5, 5.41) is 16.6. The second kappa shape index (κ2) is 10.5. The molecular weight excluding hydrogens is 438 g/mol. The van der Waals surface area contributed by atoms with Crippen molar-refractivity contribution in [1.29, 1.82) is 0 Å². The summed E-state index contributed by atoms with van der Waals surface area (Å²) in [5.41, 5.74) is 3.23. The molecular formula is C25H21N3O4S. The number of nitro groups is 1. The Hall–Kier alpha value is -4.04. The van der Waals surface area contributed by atoms with E-state index in [1.807, 2.05) is 66.0 Å². The maximum absolute atomic E-state index is 12.2. The molecule has 3 aromatic carbocycles. The quantitative estimate of drug-likeness (QED) is 0.267. The number of hydrogen-bond acceptors (Lipinski definition) is 6. The summed E-state index contributed by atoms with van der Waals surface area (Å²) in [6.45, 7) is 0.205. The number of hydrogen-bond donors (Lipinski definition) is 1. The molecule has 0 aliphatic rings. The number of benzene rings is 3. The summed E-state index contributed by atoms with van der Waals surface area (Å²) >= 11 is 1.40. The largest absolute Gasteiger partial charge is 0.487 e. The number of nitrogens with zero attached hydrogens (tertiary/aromatic N) is 2. The van der Waals surface area contributed by atoms with Crippen LogP contribution in [-0.4, -0.2) is 15.8 Å². The summed E-state index contributed by atoms with van der Waals surface area (Å²) in [5.74, 6) is 0.435. The van der Waals surface area contributed by atoms with Gasteiger partial charge in [-0.1, -0.05) is 48.5 Å². The van der Waals surface area contributed by atoms with Crippen LogP contribution in [0.2, 0.25) is 0 Å². The number of non-ortho nitro benzene ring substituents is 1. The molecule has 8 heteroatoms. The number of carbonyl (C=O) groups is 1. The van der Waals surface area contributed by atoms with Gasteiger partial charge in [-0.05, 0) is 23.8 Å². The first-order chi connectivity index (χ1) is 16.1. The van der Waals surface area contributed by atoms with Gasteiger partial charge in [0, 0.05) is 35.2 Å². The lowest BCUT2D eigenvalue weighted by atomic mass is 10.0. The molecule has 1 aromatic heterocycles. The highest BCUT2D eigenvalue weighted by molar-refractivity contribution is 7.09. The van der Waals surface area contributed by atoms with Gasteiger partial charge in [0.2, 0.25) is 5.91 Å². The molecule has 1 heterocycles. The summed E-state index contributed by atoms with van der Waals surface area (Å²) in [6, 6.07) is 23.6. The van der Waals surface area contributed by atoms with Crippen molar-refractivity contribution in [3.05, 3.63) is 116 Å². The fourth-order valence-corrected chi connectivity index (χ4v) is 4.06. The molecule has 166 valence electrons. The molecule has 0 saturated carbocycles. The van der Waals surface area contributed by atoms with Gasteiger partial charge >= 0.3 is 0 Å². The smallest absolute Gasteiger partial charge is 0.269 e. The average molecular weight is 460 g/mol. The minimum Gasteiger partial charge on any atom is -0.487 e. The van der Waals surface area contributed by atoms with E-state index < -0.39 is 4.92 Å². The zero-order valence-electron chi connectivity index (χ0n) is 17.6. The van der Waals surface area contributed by atoms with Crippen molar-refractivity contribution in [3.63, 3.8) is 0 Å². The van der Waals surface area contributed by atoms with Gasteiger partial charge in [-0.15, -0.1) is 11.3 Å². The average Bonchev–Trinajstić information content (AvgIpc) is 3.26. The molecule has 0 atom stereocenters. The van der Waals surface area contributed by atoms with Crippen LogP contribution in [0.1, 0.15) is 21.8 Å². The molecule has 1 amide bonds. The second-order valence-electron chi connectivity index (χ2n) is 7.32. The van der Waals surface area contributed by atoms with E-state index in [0.29, 0.717) is 22.9 Å². The highest BCUT2D eigenvalue weighted by Gasteiger charge is 2.14. The predicted octanol–water partition coefficient (Wildman–Crippen LogP) is 5.40. The van der Waals surface area contributed by atoms with Crippen molar-refractivity contribution in [2.75, 3.05) is 5.32 Å². The zero-order chi connectivity index (χ0) is 23.0. The second-order valence-corrected chi connectivity index (χ2v) is 8.27. The number of carbonyl (C=O) groups excluding carboxylic acids is 1. The third-order valence-electron chi connectivity index (χ3n) is 4.84. The Morgan fingerprint density at radius 2 is 1.76 bits per heavy atom. The number of anilines is 1. The van der Waals surface area contributed by atoms with Crippen LogP contribution in [0, 0.1) is 10.1 Å². The molecule has 4 rings (SSSR count). The van der Waals surface area contributed by atoms with E-state index >= 15 is 0 Å². The normalized spacial score (nSPS) is 10.5. The summed E-state index contributed by atoms with van der Waals surface area (Å²) in [4.78, 5) is 27.6. The van der Waals surface area contributed by atoms with E-state index in [2.05, 4.69) is 10.3 Å². The lowest BCUT2D eigenvalue weighted by Crippen LogP contribution is -2.14. The van der Waals surface area contributed by atoms with E-state index in [0.717, 1.165) is 16.8 Å². The summed E-state index contributed by atoms with van der Waals surface area (Å²) in [6.07, 6.45) is 0.691. The maximum atomic E-state index is 12.2. The van der Waals surface area contributed by atoms with Crippen molar-refractivity contribution in [1.82, 2.24) is 4.98 Å². The maximum Gasteiger partial charge on any atom is 0.269 e. The van der Waals surface area contributed by atoms with Crippen LogP contribution in [0.25, 0.3) is 0 Å². The Kier molecular flexibility index (Phi) is 7.06. The minimum atomic E-state index is -0.411. The molecule has 0 radical (unpaired) electrons. The van der Waals surface area contributed by atoms with Crippen LogP contribution < -0.4 is 10.1 Å². The van der Waals surface area contributed by atoms with E-state index in [4.69, 9.17) is 4.74 Å². The lowest BCUT2D eigenvalue weighted by Gasteiger charge is -2.11. The van der Waals surface area contributed by atoms with E-state index in [1.165, 1.54) is 17.4 Å². The van der Waals surface area contributed by atoms with Crippen LogP contribution >= 0.6 is 11.3 Å². The molecule has 0 aliphatic heterocycles. The van der Waals surface area contributed by atoms with Gasteiger partial charge in [-0.25, -0.2) is 4.98 Å². The van der Waals surface area contributed by atoms with Crippen LogP contribution in [0.15, 0.2) is 84.2 Å². The number of nitrogens with one attached hydrogen (secondary N) is 1. The van der Waals surface area contributed by atoms with Gasteiger partial charge in [0.25, 0.3) is 5.69 Å². The first kappa shape index (κ1) is 22.2. The Labute approximate surface area is 194 Å². The summed E-state index contributed by atoms with van der Waals surface area (Å²) < 4.78 is 5.97. The topological polar surface area (TPSA) is 94.4 Å². The van der Waals surface area contributed by atoms with E-state index in [-0.39, 0.29) is 24.6 Å². The first-order valence-corrected chi connectivity index (χ1v) is 11.2. The molecule has 0 bridgehead atoms. The first-order valence-electron chi connectivity index (χ1n) is 10.3. The van der Waals surface area contributed by atoms with Crippen molar-refractivity contribution in [2.24, 2.45) is 0 Å². The van der Waals surface area contributed by atoms with Gasteiger partial charge in [-0.3, -0.25) is 14.9 Å². The number of rotatable bonds is 9. The molecule has 0 spiro atoms. The van der Waals surface area contributed by atoms with Crippen molar-refractivity contribution in [2.45, 2.75) is 19.4 Å². The highest BCUT2D eigenvalue weighted by Crippen LogP contribution is 2.27. The molecule has 33 heavy (non-hydrogen) atoms. The van der Waals surface area contributed by atoms with Gasteiger partial charge in [0.15, 0.2) is 0 Å². The SMILES string of the molecule is O=C(Cc1nc(COc2ccc([N+](=O)[O-])cc2Cc2ccccc2)cs1)Nc1ccccc1. The highest BCUT2D eigenvalue weighted by atomic mass is 32.1. The molecule has 4 aromatic rings. The van der Waals surface area contributed by atoms with Gasteiger partial charge in [-0.2, -0.15) is 0 Å². The molecule has 7 nitrogen and oxygen atoms in total. The molecule has 0 aliphatic carbocycles. The number of nitro benzene ring substituents is 1. The molecule has 1 N–H and O–H groups in total. The zero-order valence-corrected chi connectivity index (χ0v) is 18.5. The Balaban J connectivity index is 1.41. The van der Waals surface area contributed by atoms with Crippen LogP contribution in [-0.2, 0) is 24.2 Å². The van der Waals surface area contributed by atoms with E-state index in [1.54, 1.807) is 12.1 Å². The monoisotopic (exact) mass is 459 g/mol. The summed E-state index contributed by atoms with van der Waals surface area (Å²) in [7, 11) is 0. The molecule has 0 fully saturated rings. The van der Waals surface area contributed by atoms with Crippen LogP contribution in [0.5, 0.6) is 5.75 Å². The molecule has 0 saturated heterocycles. The standard InChI is InChI=1S/C25H21N3O4S/c29-24(26-20-9-5-2-6-10-20)15-25-27-21(17-33-25)16-32-23-12-11-22(28(30)31)14-19(23)13-18-7-3-1-4-8-18/h1-12,14,17H,13,15-16H2,(H,26,29). The van der Waals surface area contributed by atoms with Gasteiger partial charge in [0.1, 0.15) is 17.4 Å². The Bertz CT molecular complexity index is 1240. The third kappa shape index (κ3) is 6.24. The number of para-hydroxylation sites is 1. The number of thiazole rings is 1. The minimum absolute atomic E-state index is 0.0219. The van der Waals surface area contributed by atoms with Gasteiger partial charge < -0.3 is 10.1 Å². The fraction of sp³-hybridized carbons (Fsp3) is 0.120. The van der Waals surface area contributed by atoms with Crippen molar-refractivity contribution < 1.29 is 14.5 Å². The van der Waals surface area contributed by atoms with Crippen LogP contribution in [0.3, 0.4) is 0 Å². The Morgan fingerprint density at radius 1 is 1.03 bits per heavy atom. The Morgan fingerprint density at radius 3 is 2.48 bits per heavy atom.